The van der Waals surface area contributed by atoms with Gasteiger partial charge in [0.05, 0.1) is 4.92 Å². The van der Waals surface area contributed by atoms with Crippen molar-refractivity contribution in [3.8, 4) is 5.75 Å². The van der Waals surface area contributed by atoms with E-state index in [1.54, 1.807) is 6.07 Å². The van der Waals surface area contributed by atoms with Crippen LogP contribution in [0.1, 0.15) is 0 Å². The van der Waals surface area contributed by atoms with Gasteiger partial charge >= 0.3 is 0 Å². The number of nitro groups is 1. The van der Waals surface area contributed by atoms with E-state index in [2.05, 4.69) is 15.9 Å². The van der Waals surface area contributed by atoms with Crippen LogP contribution in [0.15, 0.2) is 22.0 Å². The van der Waals surface area contributed by atoms with E-state index in [-0.39, 0.29) is 11.4 Å². The minimum Gasteiger partial charge on any atom is -0.505 e. The van der Waals surface area contributed by atoms with Crippen LogP contribution in [0.25, 0.3) is 10.1 Å². The predicted molar refractivity (Wildman–Crippen MR) is 57.8 cm³/mol. The summed E-state index contributed by atoms with van der Waals surface area (Å²) in [4.78, 5) is 10.0. The van der Waals surface area contributed by atoms with Crippen molar-refractivity contribution < 1.29 is 10.0 Å². The van der Waals surface area contributed by atoms with Crippen LogP contribution < -0.4 is 0 Å². The molecule has 1 aromatic heterocycles. The molecule has 2 aromatic rings. The van der Waals surface area contributed by atoms with Gasteiger partial charge in [0, 0.05) is 22.2 Å². The molecule has 0 saturated carbocycles. The van der Waals surface area contributed by atoms with Crippen LogP contribution in [-0.4, -0.2) is 10.0 Å². The summed E-state index contributed by atoms with van der Waals surface area (Å²) in [6, 6.07) is 4.37. The van der Waals surface area contributed by atoms with Crippen LogP contribution in [0.2, 0.25) is 0 Å². The molecule has 0 saturated heterocycles. The molecule has 2 rings (SSSR count). The first-order valence-corrected chi connectivity index (χ1v) is 5.26. The number of hydrogen-bond acceptors (Lipinski definition) is 4. The molecule has 0 aliphatic carbocycles. The van der Waals surface area contributed by atoms with E-state index in [1.807, 2.05) is 0 Å². The average Bonchev–Trinajstić information content (AvgIpc) is 2.42. The molecule has 0 radical (unpaired) electrons. The second-order valence-corrected chi connectivity index (χ2v) is 5.03. The zero-order valence-corrected chi connectivity index (χ0v) is 9.13. The Hall–Kier alpha value is -1.14. The number of aromatic hydroxyl groups is 1. The van der Waals surface area contributed by atoms with E-state index in [9.17, 15) is 15.2 Å². The molecule has 72 valence electrons. The Bertz CT molecular complexity index is 523. The van der Waals surface area contributed by atoms with Crippen LogP contribution in [0.5, 0.6) is 5.75 Å². The van der Waals surface area contributed by atoms with E-state index >= 15 is 0 Å². The number of rotatable bonds is 1. The Labute approximate surface area is 91.1 Å². The molecule has 0 fully saturated rings. The van der Waals surface area contributed by atoms with Crippen molar-refractivity contribution in [2.24, 2.45) is 0 Å². The van der Waals surface area contributed by atoms with Crippen molar-refractivity contribution in [3.63, 3.8) is 0 Å². The highest BCUT2D eigenvalue weighted by molar-refractivity contribution is 9.11. The van der Waals surface area contributed by atoms with E-state index in [0.29, 0.717) is 13.9 Å². The molecule has 4 nitrogen and oxygen atoms in total. The summed E-state index contributed by atoms with van der Waals surface area (Å²) in [6.45, 7) is 0. The molecule has 14 heavy (non-hydrogen) atoms. The maximum atomic E-state index is 10.5. The predicted octanol–water partition coefficient (Wildman–Crippen LogP) is 3.28. The third-order valence-corrected chi connectivity index (χ3v) is 3.61. The summed E-state index contributed by atoms with van der Waals surface area (Å²) in [5.74, 6) is 0.139. The molecule has 0 amide bonds. The van der Waals surface area contributed by atoms with Crippen molar-refractivity contribution in [3.05, 3.63) is 32.1 Å². The van der Waals surface area contributed by atoms with Gasteiger partial charge in [0.2, 0.25) is 0 Å². The van der Waals surface area contributed by atoms with Crippen LogP contribution >= 0.6 is 27.3 Å². The third kappa shape index (κ3) is 1.36. The second-order valence-electron chi connectivity index (χ2n) is 2.66. The number of benzene rings is 1. The quantitative estimate of drug-likeness (QED) is 0.641. The number of hydrogen-bond donors (Lipinski definition) is 1. The normalized spacial score (nSPS) is 10.6. The first kappa shape index (κ1) is 9.42. The molecule has 1 aromatic carbocycles. The third-order valence-electron chi connectivity index (χ3n) is 1.82. The number of halogens is 1. The van der Waals surface area contributed by atoms with Gasteiger partial charge in [0.25, 0.3) is 5.69 Å². The van der Waals surface area contributed by atoms with Crippen molar-refractivity contribution in [1.82, 2.24) is 0 Å². The summed E-state index contributed by atoms with van der Waals surface area (Å²) >= 11 is 4.44. The Morgan fingerprint density at radius 3 is 2.86 bits per heavy atom. The SMILES string of the molecule is O=[N+]([O-])c1ccc2c(O)c(Br)sc2c1. The fraction of sp³-hybridized carbons (Fsp3) is 0. The van der Waals surface area contributed by atoms with Crippen LogP contribution in [0.4, 0.5) is 5.69 Å². The maximum absolute atomic E-state index is 10.5. The van der Waals surface area contributed by atoms with Gasteiger partial charge in [-0.25, -0.2) is 0 Å². The number of non-ortho nitro benzene ring substituents is 1. The first-order chi connectivity index (χ1) is 6.59. The van der Waals surface area contributed by atoms with Crippen molar-refractivity contribution in [1.29, 1.82) is 0 Å². The monoisotopic (exact) mass is 273 g/mol. The van der Waals surface area contributed by atoms with Crippen LogP contribution in [0, 0.1) is 10.1 Å². The van der Waals surface area contributed by atoms with Crippen LogP contribution in [0.3, 0.4) is 0 Å². The molecule has 0 atom stereocenters. The second kappa shape index (κ2) is 3.21. The summed E-state index contributed by atoms with van der Waals surface area (Å²) in [7, 11) is 0. The Balaban J connectivity index is 2.73. The summed E-state index contributed by atoms with van der Waals surface area (Å²) in [5, 5.41) is 20.6. The molecule has 0 bridgehead atoms. The number of nitrogens with zero attached hydrogens (tertiary/aromatic N) is 1. The molecular formula is C8H4BrNO3S. The molecule has 0 aliphatic rings. The van der Waals surface area contributed by atoms with Gasteiger partial charge in [-0.2, -0.15) is 0 Å². The lowest BCUT2D eigenvalue weighted by molar-refractivity contribution is -0.384. The molecule has 1 N–H and O–H groups in total. The molecule has 0 spiro atoms. The van der Waals surface area contributed by atoms with Gasteiger partial charge in [-0.05, 0) is 22.0 Å². The largest absolute Gasteiger partial charge is 0.505 e. The highest BCUT2D eigenvalue weighted by Crippen LogP contribution is 2.41. The summed E-state index contributed by atoms with van der Waals surface area (Å²) < 4.78 is 1.29. The standard InChI is InChI=1S/C8H4BrNO3S/c9-8-7(11)5-2-1-4(10(12)13)3-6(5)14-8/h1-3,11H. The van der Waals surface area contributed by atoms with Crippen molar-refractivity contribution in [2.75, 3.05) is 0 Å². The molecule has 0 unspecified atom stereocenters. The minimum absolute atomic E-state index is 0.0336. The highest BCUT2D eigenvalue weighted by Gasteiger charge is 2.12. The highest BCUT2D eigenvalue weighted by atomic mass is 79.9. The fourth-order valence-corrected chi connectivity index (χ4v) is 2.75. The lowest BCUT2D eigenvalue weighted by atomic mass is 10.2. The van der Waals surface area contributed by atoms with Gasteiger partial charge in [-0.3, -0.25) is 10.1 Å². The van der Waals surface area contributed by atoms with Gasteiger partial charge in [0.15, 0.2) is 0 Å². The lowest BCUT2D eigenvalue weighted by Crippen LogP contribution is -1.85. The number of thiophene rings is 1. The topological polar surface area (TPSA) is 63.4 Å². The molecule has 1 heterocycles. The van der Waals surface area contributed by atoms with E-state index in [0.717, 1.165) is 0 Å². The van der Waals surface area contributed by atoms with E-state index in [4.69, 9.17) is 0 Å². The summed E-state index contributed by atoms with van der Waals surface area (Å²) in [6.07, 6.45) is 0. The lowest BCUT2D eigenvalue weighted by Gasteiger charge is -1.91. The fourth-order valence-electron chi connectivity index (χ4n) is 1.16. The summed E-state index contributed by atoms with van der Waals surface area (Å²) in [5.41, 5.74) is 0.0336. The smallest absolute Gasteiger partial charge is 0.270 e. The Kier molecular flexibility index (Phi) is 2.16. The maximum Gasteiger partial charge on any atom is 0.270 e. The van der Waals surface area contributed by atoms with Gasteiger partial charge in [-0.1, -0.05) is 0 Å². The van der Waals surface area contributed by atoms with Crippen LogP contribution in [-0.2, 0) is 0 Å². The minimum atomic E-state index is -0.454. The van der Waals surface area contributed by atoms with Crippen molar-refractivity contribution >= 4 is 43.0 Å². The van der Waals surface area contributed by atoms with E-state index in [1.165, 1.54) is 23.5 Å². The Morgan fingerprint density at radius 2 is 2.21 bits per heavy atom. The molecule has 0 aliphatic heterocycles. The molecular weight excluding hydrogens is 270 g/mol. The average molecular weight is 274 g/mol. The molecule has 6 heteroatoms. The Morgan fingerprint density at radius 1 is 1.50 bits per heavy atom. The zero-order valence-electron chi connectivity index (χ0n) is 6.73. The zero-order chi connectivity index (χ0) is 10.3. The first-order valence-electron chi connectivity index (χ1n) is 3.65. The van der Waals surface area contributed by atoms with Gasteiger partial charge in [0.1, 0.15) is 9.54 Å². The van der Waals surface area contributed by atoms with E-state index < -0.39 is 4.92 Å². The number of fused-ring (bicyclic) bond motifs is 1. The van der Waals surface area contributed by atoms with Gasteiger partial charge in [-0.15, -0.1) is 11.3 Å². The number of nitro benzene ring substituents is 1. The van der Waals surface area contributed by atoms with Crippen molar-refractivity contribution in [2.45, 2.75) is 0 Å². The van der Waals surface area contributed by atoms with Gasteiger partial charge < -0.3 is 5.11 Å².